The third-order valence-corrected chi connectivity index (χ3v) is 4.78. The molecule has 1 fully saturated rings. The molecule has 1 amide bonds. The third-order valence-electron chi connectivity index (χ3n) is 4.78. The zero-order chi connectivity index (χ0) is 19.3. The number of benzene rings is 1. The quantitative estimate of drug-likeness (QED) is 0.685. The van der Waals surface area contributed by atoms with E-state index in [0.717, 1.165) is 10.6 Å². The summed E-state index contributed by atoms with van der Waals surface area (Å²) in [6.07, 6.45) is -1.95. The first-order chi connectivity index (χ1) is 12.3. The average Bonchev–Trinajstić information content (AvgIpc) is 3.04. The molecule has 144 valence electrons. The molecule has 0 aromatic heterocycles. The summed E-state index contributed by atoms with van der Waals surface area (Å²) < 4.78 is 45.1. The number of halogens is 3. The Morgan fingerprint density at radius 3 is 2.62 bits per heavy atom. The fourth-order valence-electron chi connectivity index (χ4n) is 3.57. The third kappa shape index (κ3) is 4.45. The number of hydrogen-bond acceptors (Lipinski definition) is 3. The summed E-state index contributed by atoms with van der Waals surface area (Å²) in [5.74, 6) is -2.28. The highest BCUT2D eigenvalue weighted by Crippen LogP contribution is 2.32. The van der Waals surface area contributed by atoms with Gasteiger partial charge in [0, 0.05) is 19.6 Å². The minimum absolute atomic E-state index is 0.255. The summed E-state index contributed by atoms with van der Waals surface area (Å²) in [4.78, 5) is 12.3. The lowest BCUT2D eigenvalue weighted by atomic mass is 9.92. The van der Waals surface area contributed by atoms with Crippen molar-refractivity contribution in [3.05, 3.63) is 48.6 Å². The molecule has 0 unspecified atom stereocenters. The number of carbonyl (C=O) groups is 1. The summed E-state index contributed by atoms with van der Waals surface area (Å²) in [5.41, 5.74) is 0.817. The molecule has 3 atom stereocenters. The van der Waals surface area contributed by atoms with Crippen LogP contribution in [0, 0.1) is 0 Å². The summed E-state index contributed by atoms with van der Waals surface area (Å²) >= 11 is 0. The summed E-state index contributed by atoms with van der Waals surface area (Å²) in [6, 6.07) is 8.14. The van der Waals surface area contributed by atoms with E-state index in [1.165, 1.54) is 12.1 Å². The van der Waals surface area contributed by atoms with Gasteiger partial charge in [-0.3, -0.25) is 9.80 Å². The van der Waals surface area contributed by atoms with Crippen molar-refractivity contribution in [1.82, 2.24) is 10.0 Å². The molecule has 7 heteroatoms. The van der Waals surface area contributed by atoms with Crippen LogP contribution in [0.5, 0.6) is 0 Å². The first kappa shape index (κ1) is 20.5. The molecule has 1 heterocycles. The van der Waals surface area contributed by atoms with Crippen LogP contribution in [0.4, 0.5) is 13.2 Å². The molecule has 1 aliphatic heterocycles. The maximum atomic E-state index is 13.3. The molecule has 0 aliphatic carbocycles. The van der Waals surface area contributed by atoms with E-state index >= 15 is 0 Å². The predicted octanol–water partition coefficient (Wildman–Crippen LogP) is 3.76. The Morgan fingerprint density at radius 2 is 2.08 bits per heavy atom. The molecule has 1 aliphatic rings. The van der Waals surface area contributed by atoms with Gasteiger partial charge in [-0.1, -0.05) is 36.4 Å². The van der Waals surface area contributed by atoms with Crippen molar-refractivity contribution < 1.29 is 22.7 Å². The molecule has 1 aromatic rings. The van der Waals surface area contributed by atoms with Gasteiger partial charge in [0.1, 0.15) is 0 Å². The highest BCUT2D eigenvalue weighted by atomic mass is 19.4. The summed E-state index contributed by atoms with van der Waals surface area (Å²) in [7, 11) is 1.51. The second-order valence-electron chi connectivity index (χ2n) is 6.47. The molecule has 0 N–H and O–H groups in total. The van der Waals surface area contributed by atoms with Crippen LogP contribution in [0.1, 0.15) is 31.2 Å². The predicted molar refractivity (Wildman–Crippen MR) is 93.3 cm³/mol. The van der Waals surface area contributed by atoms with E-state index < -0.39 is 24.0 Å². The van der Waals surface area contributed by atoms with Gasteiger partial charge in [0.05, 0.1) is 18.7 Å². The van der Waals surface area contributed by atoms with Crippen LogP contribution < -0.4 is 0 Å². The summed E-state index contributed by atoms with van der Waals surface area (Å²) in [6.45, 7) is 6.08. The minimum atomic E-state index is -4.95. The molecule has 4 nitrogen and oxygen atoms in total. The Morgan fingerprint density at radius 1 is 1.42 bits per heavy atom. The van der Waals surface area contributed by atoms with E-state index in [1.54, 1.807) is 13.0 Å². The van der Waals surface area contributed by atoms with Crippen molar-refractivity contribution >= 4 is 5.91 Å². The highest BCUT2D eigenvalue weighted by molar-refractivity contribution is 5.82. The molecule has 0 spiro atoms. The van der Waals surface area contributed by atoms with Crippen LogP contribution in [0.2, 0.25) is 0 Å². The maximum absolute atomic E-state index is 13.3. The maximum Gasteiger partial charge on any atom is 0.472 e. The number of alkyl halides is 3. The molecule has 26 heavy (non-hydrogen) atoms. The second-order valence-corrected chi connectivity index (χ2v) is 6.47. The molecule has 0 saturated carbocycles. The first-order valence-electron chi connectivity index (χ1n) is 8.64. The van der Waals surface area contributed by atoms with Gasteiger partial charge < -0.3 is 4.74 Å². The normalized spacial score (nSPS) is 20.6. The lowest BCUT2D eigenvalue weighted by Gasteiger charge is -2.42. The van der Waals surface area contributed by atoms with Gasteiger partial charge in [-0.15, -0.1) is 6.58 Å². The first-order valence-corrected chi connectivity index (χ1v) is 8.64. The largest absolute Gasteiger partial charge is 0.472 e. The lowest BCUT2D eigenvalue weighted by molar-refractivity contribution is -0.210. The molecule has 0 bridgehead atoms. The van der Waals surface area contributed by atoms with Gasteiger partial charge >= 0.3 is 12.1 Å². The van der Waals surface area contributed by atoms with Crippen molar-refractivity contribution in [2.45, 2.75) is 43.9 Å². The van der Waals surface area contributed by atoms with Crippen molar-refractivity contribution in [3.63, 3.8) is 0 Å². The molecular formula is C19H25F3N2O2. The van der Waals surface area contributed by atoms with E-state index in [0.29, 0.717) is 19.4 Å². The van der Waals surface area contributed by atoms with Crippen molar-refractivity contribution in [2.75, 3.05) is 20.3 Å². The van der Waals surface area contributed by atoms with Gasteiger partial charge in [-0.2, -0.15) is 13.2 Å². The molecule has 1 aromatic carbocycles. The van der Waals surface area contributed by atoms with Gasteiger partial charge in [-0.25, -0.2) is 5.01 Å². The Labute approximate surface area is 152 Å². The van der Waals surface area contributed by atoms with E-state index in [1.807, 2.05) is 30.3 Å². The Balaban J connectivity index is 2.39. The Bertz CT molecular complexity index is 607. The number of hydrogen-bond donors (Lipinski definition) is 0. The Hall–Kier alpha value is -1.86. The smallest absolute Gasteiger partial charge is 0.383 e. The van der Waals surface area contributed by atoms with Gasteiger partial charge in [-0.05, 0) is 25.3 Å². The number of rotatable bonds is 7. The topological polar surface area (TPSA) is 32.8 Å². The van der Waals surface area contributed by atoms with Crippen LogP contribution in [0.15, 0.2) is 43.0 Å². The van der Waals surface area contributed by atoms with E-state index in [-0.39, 0.29) is 12.6 Å². The zero-order valence-corrected chi connectivity index (χ0v) is 15.1. The van der Waals surface area contributed by atoms with E-state index in [2.05, 4.69) is 6.58 Å². The van der Waals surface area contributed by atoms with Crippen LogP contribution >= 0.6 is 0 Å². The van der Waals surface area contributed by atoms with Gasteiger partial charge in [0.2, 0.25) is 0 Å². The van der Waals surface area contributed by atoms with Crippen LogP contribution in [0.25, 0.3) is 0 Å². The Kier molecular flexibility index (Phi) is 6.83. The number of methoxy groups -OCH3 is 1. The number of carbonyl (C=O) groups excluding carboxylic acids is 1. The van der Waals surface area contributed by atoms with Gasteiger partial charge in [0.25, 0.3) is 0 Å². The standard InChI is InChI=1S/C19H25F3N2O2/c1-4-17(15-9-6-5-7-10-15)14(2)24(18(25)19(20,21)22)23-12-8-11-16(23)13-26-3/h4-7,9-10,14,16-17H,1,8,11-13H2,2-3H3/t14-,16+,17+/m1/s1. The fourth-order valence-corrected chi connectivity index (χ4v) is 3.57. The van der Waals surface area contributed by atoms with E-state index in [9.17, 15) is 18.0 Å². The second kappa shape index (κ2) is 8.68. The minimum Gasteiger partial charge on any atom is -0.383 e. The van der Waals surface area contributed by atoms with Crippen molar-refractivity contribution in [3.8, 4) is 0 Å². The SMILES string of the molecule is C=C[C@H](c1ccccc1)[C@@H](C)N(C(=O)C(F)(F)F)N1CCC[C@H]1COC. The van der Waals surface area contributed by atoms with Crippen LogP contribution in [0.3, 0.4) is 0 Å². The summed E-state index contributed by atoms with van der Waals surface area (Å²) in [5, 5.41) is 2.39. The number of hydrazine groups is 1. The van der Waals surface area contributed by atoms with Crippen molar-refractivity contribution in [2.24, 2.45) is 0 Å². The number of nitrogens with zero attached hydrogens (tertiary/aromatic N) is 2. The zero-order valence-electron chi connectivity index (χ0n) is 15.1. The van der Waals surface area contributed by atoms with Gasteiger partial charge in [0.15, 0.2) is 0 Å². The average molecular weight is 370 g/mol. The van der Waals surface area contributed by atoms with E-state index in [4.69, 9.17) is 4.74 Å². The molecule has 2 rings (SSSR count). The molecule has 1 saturated heterocycles. The number of ether oxygens (including phenoxy) is 1. The molecule has 0 radical (unpaired) electrons. The van der Waals surface area contributed by atoms with Crippen molar-refractivity contribution in [1.29, 1.82) is 0 Å². The van der Waals surface area contributed by atoms with Crippen LogP contribution in [-0.2, 0) is 9.53 Å². The highest BCUT2D eigenvalue weighted by Gasteiger charge is 2.49. The fraction of sp³-hybridized carbons (Fsp3) is 0.526. The lowest BCUT2D eigenvalue weighted by Crippen LogP contribution is -2.58. The van der Waals surface area contributed by atoms with Crippen LogP contribution in [-0.4, -0.2) is 54.4 Å². The number of amides is 1. The monoisotopic (exact) mass is 370 g/mol. The molecular weight excluding hydrogens is 345 g/mol.